The van der Waals surface area contributed by atoms with Crippen molar-refractivity contribution in [2.45, 2.75) is 19.3 Å². The van der Waals surface area contributed by atoms with E-state index in [2.05, 4.69) is 252 Å². The van der Waals surface area contributed by atoms with Crippen LogP contribution in [0.3, 0.4) is 0 Å². The molecule has 1 aliphatic carbocycles. The zero-order valence-electron chi connectivity index (χ0n) is 36.7. The lowest BCUT2D eigenvalue weighted by Gasteiger charge is -2.22. The number of aromatic nitrogens is 3. The normalized spacial score (nSPS) is 13.1. The first-order valence-electron chi connectivity index (χ1n) is 23.0. The van der Waals surface area contributed by atoms with Gasteiger partial charge in [0.15, 0.2) is 0 Å². The Hall–Kier alpha value is -8.40. The minimum atomic E-state index is -0.121. The van der Waals surface area contributed by atoms with Gasteiger partial charge < -0.3 is 13.7 Å². The van der Waals surface area contributed by atoms with Crippen molar-refractivity contribution in [1.82, 2.24) is 13.7 Å². The molecule has 0 N–H and O–H groups in total. The number of hydrogen-bond acceptors (Lipinski definition) is 0. The molecule has 0 atom stereocenters. The van der Waals surface area contributed by atoms with Crippen molar-refractivity contribution in [3.05, 3.63) is 236 Å². The van der Waals surface area contributed by atoms with E-state index in [0.717, 1.165) is 44.2 Å². The Morgan fingerprint density at radius 3 is 1.62 bits per heavy atom. The minimum absolute atomic E-state index is 0.121. The van der Waals surface area contributed by atoms with Crippen LogP contribution in [0.15, 0.2) is 224 Å². The van der Waals surface area contributed by atoms with Crippen LogP contribution in [0.25, 0.3) is 115 Å². The fourth-order valence-electron chi connectivity index (χ4n) is 11.5. The van der Waals surface area contributed by atoms with E-state index < -0.39 is 0 Å². The number of para-hydroxylation sites is 1. The monoisotopic (exact) mass is 841 g/mol. The van der Waals surface area contributed by atoms with Gasteiger partial charge in [-0.25, -0.2) is 0 Å². The summed E-state index contributed by atoms with van der Waals surface area (Å²) in [6.07, 6.45) is 0. The molecule has 66 heavy (non-hydrogen) atoms. The Kier molecular flexibility index (Phi) is 7.74. The average Bonchev–Trinajstić information content (AvgIpc) is 3.82. The molecule has 0 radical (unpaired) electrons. The molecule has 8 bridgehead atoms. The van der Waals surface area contributed by atoms with Crippen molar-refractivity contribution in [3.8, 4) is 28.2 Å². The van der Waals surface area contributed by atoms with Crippen LogP contribution in [-0.2, 0) is 5.41 Å². The maximum atomic E-state index is 2.49. The Labute approximate surface area is 382 Å². The van der Waals surface area contributed by atoms with Crippen LogP contribution in [0.5, 0.6) is 0 Å². The van der Waals surface area contributed by atoms with Crippen molar-refractivity contribution >= 4 is 87.0 Å². The molecule has 310 valence electrons. The fourth-order valence-corrected chi connectivity index (χ4v) is 11.5. The second-order valence-electron chi connectivity index (χ2n) is 18.6. The van der Waals surface area contributed by atoms with E-state index in [9.17, 15) is 0 Å². The van der Waals surface area contributed by atoms with Crippen LogP contribution in [0.1, 0.15) is 25.0 Å². The molecule has 0 aliphatic heterocycles. The van der Waals surface area contributed by atoms with Gasteiger partial charge >= 0.3 is 0 Å². The molecule has 13 aromatic rings. The van der Waals surface area contributed by atoms with Crippen molar-refractivity contribution in [2.24, 2.45) is 0 Å². The standard InChI is InChI=1S/C63H43N3/c1-63(2)56-22-7-5-20-51(56)52-34-33-49(39-57(52)63)64-45-17-9-15-43(35-45)44-16-10-18-46(36-44)65(48-32-30-42-28-27-41-29-31-47(64)37-54(41)55(42)38-48)60-25-12-26-61-62(60)53-21-6-8-23-59(53)66(61)58-24-11-14-40-13-3-4-19-50(40)58/h3-39H,1-2H3. The van der Waals surface area contributed by atoms with E-state index in [1.807, 2.05) is 0 Å². The first-order chi connectivity index (χ1) is 32.5. The highest BCUT2D eigenvalue weighted by Gasteiger charge is 2.35. The molecule has 0 fully saturated rings. The predicted octanol–water partition coefficient (Wildman–Crippen LogP) is 16.7. The first kappa shape index (κ1) is 37.0. The van der Waals surface area contributed by atoms with Gasteiger partial charge in [0.05, 0.1) is 22.4 Å². The number of rotatable bonds is 3. The van der Waals surface area contributed by atoms with Crippen LogP contribution in [0.2, 0.25) is 0 Å². The third kappa shape index (κ3) is 5.31. The van der Waals surface area contributed by atoms with Crippen LogP contribution in [0, 0.1) is 0 Å². The van der Waals surface area contributed by atoms with Gasteiger partial charge in [0.25, 0.3) is 0 Å². The van der Waals surface area contributed by atoms with Gasteiger partial charge in [0.2, 0.25) is 0 Å². The summed E-state index contributed by atoms with van der Waals surface area (Å²) in [4.78, 5) is 0. The van der Waals surface area contributed by atoms with Gasteiger partial charge in [0.1, 0.15) is 0 Å². The molecular weight excluding hydrogens is 799 g/mol. The highest BCUT2D eigenvalue weighted by molar-refractivity contribution is 6.15. The second-order valence-corrected chi connectivity index (χ2v) is 18.6. The molecule has 0 amide bonds. The summed E-state index contributed by atoms with van der Waals surface area (Å²) >= 11 is 0. The molecule has 11 aromatic carbocycles. The van der Waals surface area contributed by atoms with E-state index >= 15 is 0 Å². The van der Waals surface area contributed by atoms with Gasteiger partial charge in [-0.2, -0.15) is 0 Å². The van der Waals surface area contributed by atoms with Crippen LogP contribution < -0.4 is 0 Å². The molecule has 3 nitrogen and oxygen atoms in total. The summed E-state index contributed by atoms with van der Waals surface area (Å²) in [5.41, 5.74) is 15.5. The summed E-state index contributed by atoms with van der Waals surface area (Å²) in [5.74, 6) is 0. The number of fused-ring (bicyclic) bond motifs is 14. The third-order valence-corrected chi connectivity index (χ3v) is 14.6. The zero-order chi connectivity index (χ0) is 43.7. The molecule has 3 heteroatoms. The highest BCUT2D eigenvalue weighted by Crippen LogP contribution is 2.49. The first-order valence-corrected chi connectivity index (χ1v) is 23.0. The van der Waals surface area contributed by atoms with Gasteiger partial charge in [-0.15, -0.1) is 0 Å². The Morgan fingerprint density at radius 1 is 0.303 bits per heavy atom. The van der Waals surface area contributed by atoms with Crippen molar-refractivity contribution in [1.29, 1.82) is 0 Å². The van der Waals surface area contributed by atoms with Crippen LogP contribution >= 0.6 is 0 Å². The lowest BCUT2D eigenvalue weighted by Crippen LogP contribution is -2.15. The Balaban J connectivity index is 1.10. The van der Waals surface area contributed by atoms with Crippen LogP contribution in [0.4, 0.5) is 0 Å². The maximum absolute atomic E-state index is 2.49. The molecule has 0 spiro atoms. The van der Waals surface area contributed by atoms with E-state index in [-0.39, 0.29) is 5.41 Å². The molecule has 1 aliphatic rings. The average molecular weight is 842 g/mol. The lowest BCUT2D eigenvalue weighted by molar-refractivity contribution is 0.660. The fraction of sp³-hybridized carbons (Fsp3) is 0.0476. The van der Waals surface area contributed by atoms with Gasteiger partial charge in [0, 0.05) is 49.3 Å². The minimum Gasteiger partial charge on any atom is -0.310 e. The predicted molar refractivity (Wildman–Crippen MR) is 280 cm³/mol. The summed E-state index contributed by atoms with van der Waals surface area (Å²) < 4.78 is 7.41. The van der Waals surface area contributed by atoms with Gasteiger partial charge in [-0.1, -0.05) is 153 Å². The summed E-state index contributed by atoms with van der Waals surface area (Å²) in [7, 11) is 0. The quantitative estimate of drug-likeness (QED) is 0.157. The molecule has 14 rings (SSSR count). The van der Waals surface area contributed by atoms with Crippen molar-refractivity contribution in [2.75, 3.05) is 0 Å². The zero-order valence-corrected chi connectivity index (χ0v) is 36.7. The third-order valence-electron chi connectivity index (χ3n) is 14.6. The summed E-state index contributed by atoms with van der Waals surface area (Å²) in [5, 5.41) is 12.1. The Bertz CT molecular complexity index is 4260. The van der Waals surface area contributed by atoms with E-state index in [4.69, 9.17) is 0 Å². The topological polar surface area (TPSA) is 14.8 Å². The molecule has 2 aromatic heterocycles. The summed E-state index contributed by atoms with van der Waals surface area (Å²) in [6, 6.07) is 83.9. The number of nitrogens with zero attached hydrogens (tertiary/aromatic N) is 3. The molecular formula is C63H43N3. The number of hydrogen-bond donors (Lipinski definition) is 0. The van der Waals surface area contributed by atoms with Gasteiger partial charge in [-0.3, -0.25) is 0 Å². The van der Waals surface area contributed by atoms with Crippen molar-refractivity contribution < 1.29 is 0 Å². The molecule has 0 saturated carbocycles. The van der Waals surface area contributed by atoms with E-state index in [0.29, 0.717) is 0 Å². The maximum Gasteiger partial charge on any atom is 0.0562 e. The Morgan fingerprint density at radius 2 is 0.833 bits per heavy atom. The lowest BCUT2D eigenvalue weighted by atomic mass is 9.82. The smallest absolute Gasteiger partial charge is 0.0562 e. The highest BCUT2D eigenvalue weighted by atomic mass is 15.0. The van der Waals surface area contributed by atoms with E-state index in [1.54, 1.807) is 0 Å². The SMILES string of the molecule is CC1(C)c2ccccc2-c2ccc(-n3c4cccc(c4)c4cccc(c4)n(-c4cccc5c4c4ccccc4n5-c4cccc5ccccc45)c4ccc5ccc6ccc3cc6c5c4)cc21. The van der Waals surface area contributed by atoms with E-state index in [1.165, 1.54) is 82.1 Å². The van der Waals surface area contributed by atoms with Crippen molar-refractivity contribution in [3.63, 3.8) is 0 Å². The number of benzene rings is 11. The molecule has 2 heterocycles. The van der Waals surface area contributed by atoms with Crippen LogP contribution in [-0.4, -0.2) is 13.7 Å². The molecule has 0 saturated heterocycles. The second kappa shape index (κ2) is 13.8. The van der Waals surface area contributed by atoms with Gasteiger partial charge in [-0.05, 0) is 145 Å². The largest absolute Gasteiger partial charge is 0.310 e. The molecule has 0 unspecified atom stereocenters. The summed E-state index contributed by atoms with van der Waals surface area (Å²) in [6.45, 7) is 4.73.